The normalized spacial score (nSPS) is 25.3. The summed E-state index contributed by atoms with van der Waals surface area (Å²) in [6.07, 6.45) is 8.24. The SMILES string of the molecule is CC1CCC(c2nnc3cncc(Cl)n23)CC1. The summed E-state index contributed by atoms with van der Waals surface area (Å²) >= 11 is 6.17. The van der Waals surface area contributed by atoms with Crippen LogP contribution >= 0.6 is 11.6 Å². The van der Waals surface area contributed by atoms with Gasteiger partial charge in [-0.15, -0.1) is 10.2 Å². The average Bonchev–Trinajstić information content (AvgIpc) is 2.75. The third kappa shape index (κ3) is 1.90. The highest BCUT2D eigenvalue weighted by Crippen LogP contribution is 2.35. The molecular weight excluding hydrogens is 236 g/mol. The molecule has 1 saturated carbocycles. The molecule has 90 valence electrons. The second kappa shape index (κ2) is 4.26. The summed E-state index contributed by atoms with van der Waals surface area (Å²) in [6, 6.07) is 0. The molecule has 0 aliphatic heterocycles. The van der Waals surface area contributed by atoms with Crippen LogP contribution in [0.25, 0.3) is 5.65 Å². The molecule has 1 aliphatic carbocycles. The van der Waals surface area contributed by atoms with Crippen molar-refractivity contribution >= 4 is 17.2 Å². The van der Waals surface area contributed by atoms with Crippen molar-refractivity contribution in [3.8, 4) is 0 Å². The molecule has 0 amide bonds. The minimum Gasteiger partial charge on any atom is -0.266 e. The Morgan fingerprint density at radius 2 is 1.94 bits per heavy atom. The Morgan fingerprint density at radius 3 is 2.71 bits per heavy atom. The average molecular weight is 251 g/mol. The van der Waals surface area contributed by atoms with E-state index in [0.717, 1.165) is 17.4 Å². The molecule has 2 aromatic rings. The van der Waals surface area contributed by atoms with Crippen LogP contribution in [0, 0.1) is 5.92 Å². The molecule has 0 saturated heterocycles. The second-order valence-corrected chi connectivity index (χ2v) is 5.33. The highest BCUT2D eigenvalue weighted by molar-refractivity contribution is 6.29. The molecule has 4 nitrogen and oxygen atoms in total. The zero-order chi connectivity index (χ0) is 11.8. The maximum Gasteiger partial charge on any atom is 0.180 e. The third-order valence-corrected chi connectivity index (χ3v) is 3.95. The first-order chi connectivity index (χ1) is 8.25. The van der Waals surface area contributed by atoms with Crippen LogP contribution in [0.3, 0.4) is 0 Å². The molecule has 0 aromatic carbocycles. The molecule has 3 rings (SSSR count). The van der Waals surface area contributed by atoms with E-state index in [9.17, 15) is 0 Å². The molecule has 5 heteroatoms. The topological polar surface area (TPSA) is 43.1 Å². The summed E-state index contributed by atoms with van der Waals surface area (Å²) in [4.78, 5) is 4.03. The van der Waals surface area contributed by atoms with Gasteiger partial charge < -0.3 is 0 Å². The van der Waals surface area contributed by atoms with Gasteiger partial charge in [-0.3, -0.25) is 9.38 Å². The fourth-order valence-electron chi connectivity index (χ4n) is 2.62. The number of rotatable bonds is 1. The van der Waals surface area contributed by atoms with E-state index in [0.29, 0.717) is 11.1 Å². The Bertz CT molecular complexity index is 528. The van der Waals surface area contributed by atoms with Crippen LogP contribution in [0.1, 0.15) is 44.3 Å². The largest absolute Gasteiger partial charge is 0.266 e. The van der Waals surface area contributed by atoms with Crippen molar-refractivity contribution in [2.45, 2.75) is 38.5 Å². The van der Waals surface area contributed by atoms with Crippen LogP contribution in [-0.4, -0.2) is 19.6 Å². The van der Waals surface area contributed by atoms with Gasteiger partial charge in [0.2, 0.25) is 0 Å². The lowest BCUT2D eigenvalue weighted by molar-refractivity contribution is 0.338. The van der Waals surface area contributed by atoms with Gasteiger partial charge in [-0.2, -0.15) is 0 Å². The van der Waals surface area contributed by atoms with Crippen molar-refractivity contribution in [3.05, 3.63) is 23.4 Å². The molecular formula is C12H15ClN4. The van der Waals surface area contributed by atoms with Gasteiger partial charge in [-0.05, 0) is 18.8 Å². The standard InChI is InChI=1S/C12H15ClN4/c1-8-2-4-9(5-3-8)12-16-15-11-7-14-6-10(13)17(11)12/h6-9H,2-5H2,1H3. The van der Waals surface area contributed by atoms with Gasteiger partial charge >= 0.3 is 0 Å². The van der Waals surface area contributed by atoms with E-state index in [1.54, 1.807) is 12.4 Å². The van der Waals surface area contributed by atoms with Crippen molar-refractivity contribution in [1.82, 2.24) is 19.6 Å². The van der Waals surface area contributed by atoms with Gasteiger partial charge in [-0.1, -0.05) is 31.4 Å². The number of hydrogen-bond acceptors (Lipinski definition) is 3. The first-order valence-electron chi connectivity index (χ1n) is 6.10. The van der Waals surface area contributed by atoms with Crippen LogP contribution in [0.15, 0.2) is 12.4 Å². The van der Waals surface area contributed by atoms with Crippen molar-refractivity contribution in [1.29, 1.82) is 0 Å². The van der Waals surface area contributed by atoms with E-state index in [1.807, 2.05) is 4.40 Å². The van der Waals surface area contributed by atoms with E-state index in [4.69, 9.17) is 11.6 Å². The molecule has 0 spiro atoms. The van der Waals surface area contributed by atoms with Crippen LogP contribution in [-0.2, 0) is 0 Å². The lowest BCUT2D eigenvalue weighted by Gasteiger charge is -2.24. The number of nitrogens with zero attached hydrogens (tertiary/aromatic N) is 4. The van der Waals surface area contributed by atoms with Gasteiger partial charge in [0, 0.05) is 5.92 Å². The highest BCUT2D eigenvalue weighted by Gasteiger charge is 2.24. The summed E-state index contributed by atoms with van der Waals surface area (Å²) in [5, 5.41) is 9.03. The fourth-order valence-corrected chi connectivity index (χ4v) is 2.85. The Hall–Kier alpha value is -1.16. The Morgan fingerprint density at radius 1 is 1.18 bits per heavy atom. The van der Waals surface area contributed by atoms with E-state index in [2.05, 4.69) is 22.1 Å². The minimum atomic E-state index is 0.487. The van der Waals surface area contributed by atoms with Gasteiger partial charge in [0.15, 0.2) is 5.65 Å². The molecule has 0 bridgehead atoms. The van der Waals surface area contributed by atoms with Crippen molar-refractivity contribution in [2.24, 2.45) is 5.92 Å². The lowest BCUT2D eigenvalue weighted by atomic mass is 9.82. The van der Waals surface area contributed by atoms with Crippen LogP contribution in [0.4, 0.5) is 0 Å². The fraction of sp³-hybridized carbons (Fsp3) is 0.583. The molecule has 1 aliphatic rings. The molecule has 2 heterocycles. The number of hydrogen-bond donors (Lipinski definition) is 0. The highest BCUT2D eigenvalue weighted by atomic mass is 35.5. The molecule has 0 unspecified atom stereocenters. The van der Waals surface area contributed by atoms with E-state index < -0.39 is 0 Å². The summed E-state index contributed by atoms with van der Waals surface area (Å²) < 4.78 is 1.93. The minimum absolute atomic E-state index is 0.487. The van der Waals surface area contributed by atoms with Crippen LogP contribution in [0.5, 0.6) is 0 Å². The second-order valence-electron chi connectivity index (χ2n) is 4.94. The monoisotopic (exact) mass is 250 g/mol. The first-order valence-corrected chi connectivity index (χ1v) is 6.48. The summed E-state index contributed by atoms with van der Waals surface area (Å²) in [6.45, 7) is 2.31. The van der Waals surface area contributed by atoms with Crippen molar-refractivity contribution in [2.75, 3.05) is 0 Å². The van der Waals surface area contributed by atoms with E-state index >= 15 is 0 Å². The van der Waals surface area contributed by atoms with Gasteiger partial charge in [0.25, 0.3) is 0 Å². The number of halogens is 1. The van der Waals surface area contributed by atoms with Gasteiger partial charge in [-0.25, -0.2) is 0 Å². The zero-order valence-corrected chi connectivity index (χ0v) is 10.6. The van der Waals surface area contributed by atoms with Gasteiger partial charge in [0.05, 0.1) is 12.4 Å². The lowest BCUT2D eigenvalue weighted by Crippen LogP contribution is -2.13. The first kappa shape index (κ1) is 11.0. The maximum atomic E-state index is 6.17. The van der Waals surface area contributed by atoms with E-state index in [-0.39, 0.29) is 0 Å². The summed E-state index contributed by atoms with van der Waals surface area (Å²) in [7, 11) is 0. The predicted molar refractivity (Wildman–Crippen MR) is 66.2 cm³/mol. The Labute approximate surface area is 105 Å². The number of aromatic nitrogens is 4. The Balaban J connectivity index is 2.00. The van der Waals surface area contributed by atoms with Crippen LogP contribution < -0.4 is 0 Å². The molecule has 0 N–H and O–H groups in total. The smallest absolute Gasteiger partial charge is 0.180 e. The predicted octanol–water partition coefficient (Wildman–Crippen LogP) is 3.07. The Kier molecular flexibility index (Phi) is 2.74. The summed E-state index contributed by atoms with van der Waals surface area (Å²) in [5.41, 5.74) is 0.742. The number of fused-ring (bicyclic) bond motifs is 1. The van der Waals surface area contributed by atoms with Gasteiger partial charge in [0.1, 0.15) is 11.0 Å². The molecule has 1 fully saturated rings. The quantitative estimate of drug-likeness (QED) is 0.781. The maximum absolute atomic E-state index is 6.17. The summed E-state index contributed by atoms with van der Waals surface area (Å²) in [5.74, 6) is 2.32. The molecule has 2 aromatic heterocycles. The molecule has 0 radical (unpaired) electrons. The zero-order valence-electron chi connectivity index (χ0n) is 9.80. The van der Waals surface area contributed by atoms with Crippen molar-refractivity contribution < 1.29 is 0 Å². The molecule has 0 atom stereocenters. The third-order valence-electron chi connectivity index (χ3n) is 3.68. The van der Waals surface area contributed by atoms with E-state index in [1.165, 1.54) is 25.7 Å². The molecule has 17 heavy (non-hydrogen) atoms. The van der Waals surface area contributed by atoms with Crippen molar-refractivity contribution in [3.63, 3.8) is 0 Å². The van der Waals surface area contributed by atoms with Crippen LogP contribution in [0.2, 0.25) is 5.15 Å².